The highest BCUT2D eigenvalue weighted by atomic mass is 16.6. The van der Waals surface area contributed by atoms with E-state index in [1.54, 1.807) is 18.9 Å². The quantitative estimate of drug-likeness (QED) is 0.0641. The minimum absolute atomic E-state index is 0.0612. The topological polar surface area (TPSA) is 218 Å². The smallest absolute Gasteiger partial charge is 0.244 e. The van der Waals surface area contributed by atoms with Gasteiger partial charge in [-0.1, -0.05) is 42.2 Å². The largest absolute Gasteiger partial charge is 0.382 e. The summed E-state index contributed by atoms with van der Waals surface area (Å²) >= 11 is 0. The van der Waals surface area contributed by atoms with Gasteiger partial charge >= 0.3 is 0 Å². The summed E-state index contributed by atoms with van der Waals surface area (Å²) in [6.45, 7) is 12.9. The molecule has 2 aromatic carbocycles. The number of nitrogens with one attached hydrogen (secondary N) is 3. The van der Waals surface area contributed by atoms with Gasteiger partial charge in [0.05, 0.1) is 164 Å². The number of hydrogen-bond donors (Lipinski definition) is 3. The Balaban J connectivity index is 1.07. The van der Waals surface area contributed by atoms with Crippen molar-refractivity contribution < 1.29 is 76.0 Å². The first-order valence-corrected chi connectivity index (χ1v) is 25.1. The van der Waals surface area contributed by atoms with Gasteiger partial charge < -0.3 is 77.7 Å². The summed E-state index contributed by atoms with van der Waals surface area (Å²) in [5.41, 5.74) is 3.40. The zero-order chi connectivity index (χ0) is 51.4. The van der Waals surface area contributed by atoms with Crippen LogP contribution in [0, 0.1) is 11.8 Å². The van der Waals surface area contributed by atoms with Crippen LogP contribution in [0.5, 0.6) is 0 Å². The average Bonchev–Trinajstić information content (AvgIpc) is 3.38. The number of ether oxygens (including phenoxy) is 12. The standard InChI is InChI=1S/C52H80N4O16/c1-3-53-52(60)47(55-50(58)14-8-9-15-51(59)56-43-46-12-5-4-10-44(46)16-17-45-11-6-7-13-48(45)56)42-54-49(57)18-19-62-22-23-64-26-27-66-30-31-68-34-35-70-38-39-72-41-40-71-37-36-69-33-32-67-29-28-65-25-24-63-21-20-61-2/h4-7,10-13,47H,3,8-9,14-15,18-43H2,1-2H3,(H,53,60)(H,54,57)(H,55,58)/t47-/m0/s1. The first kappa shape index (κ1) is 61.7. The van der Waals surface area contributed by atoms with Crippen molar-refractivity contribution >= 4 is 29.3 Å². The minimum Gasteiger partial charge on any atom is -0.382 e. The summed E-state index contributed by atoms with van der Waals surface area (Å²) in [4.78, 5) is 53.4. The Morgan fingerprint density at radius 3 is 1.40 bits per heavy atom. The molecule has 3 rings (SSSR count). The molecule has 2 aromatic rings. The number of fused-ring (bicyclic) bond motifs is 2. The number of benzene rings is 2. The molecule has 0 aliphatic carbocycles. The molecule has 20 heteroatoms. The summed E-state index contributed by atoms with van der Waals surface area (Å²) in [5.74, 6) is 5.29. The van der Waals surface area contributed by atoms with E-state index in [1.807, 2.05) is 48.5 Å². The Morgan fingerprint density at radius 2 is 0.917 bits per heavy atom. The van der Waals surface area contributed by atoms with Gasteiger partial charge in [0.1, 0.15) is 6.04 Å². The lowest BCUT2D eigenvalue weighted by atomic mass is 10.0. The average molecular weight is 1020 g/mol. The summed E-state index contributed by atoms with van der Waals surface area (Å²) in [5, 5.41) is 8.14. The second kappa shape index (κ2) is 42.9. The molecule has 0 aromatic heterocycles. The minimum atomic E-state index is -0.955. The number of rotatable bonds is 46. The number of hydrogen-bond acceptors (Lipinski definition) is 16. The van der Waals surface area contributed by atoms with Crippen molar-refractivity contribution in [2.75, 3.05) is 177 Å². The maximum atomic E-state index is 13.5. The second-order valence-corrected chi connectivity index (χ2v) is 15.9. The highest BCUT2D eigenvalue weighted by molar-refractivity contribution is 5.95. The molecular weight excluding hydrogens is 937 g/mol. The molecule has 20 nitrogen and oxygen atoms in total. The van der Waals surface area contributed by atoms with Crippen LogP contribution in [0.3, 0.4) is 0 Å². The zero-order valence-corrected chi connectivity index (χ0v) is 42.6. The van der Waals surface area contributed by atoms with E-state index in [-0.39, 0.29) is 50.1 Å². The van der Waals surface area contributed by atoms with Crippen molar-refractivity contribution in [2.24, 2.45) is 0 Å². The lowest BCUT2D eigenvalue weighted by molar-refractivity contribution is -0.129. The van der Waals surface area contributed by atoms with Crippen LogP contribution in [0.15, 0.2) is 48.5 Å². The Bertz CT molecular complexity index is 1810. The SMILES string of the molecule is CCNC(=O)[C@H](CNC(=O)CCOCCOCCOCCOCCOCCOCCOCCOCCOCCOCCOCCOC)NC(=O)CCCCC(=O)N1Cc2ccccc2C#Cc2ccccc21. The Labute approximate surface area is 425 Å². The van der Waals surface area contributed by atoms with Crippen molar-refractivity contribution in [1.29, 1.82) is 0 Å². The highest BCUT2D eigenvalue weighted by Crippen LogP contribution is 2.26. The molecule has 0 spiro atoms. The first-order valence-electron chi connectivity index (χ1n) is 25.1. The molecule has 0 saturated heterocycles. The van der Waals surface area contributed by atoms with Crippen LogP contribution in [0.4, 0.5) is 5.69 Å². The van der Waals surface area contributed by atoms with Crippen molar-refractivity contribution in [3.8, 4) is 11.8 Å². The molecule has 1 heterocycles. The van der Waals surface area contributed by atoms with Crippen LogP contribution >= 0.6 is 0 Å². The molecular formula is C52H80N4O16. The number of amides is 4. The lowest BCUT2D eigenvalue weighted by Gasteiger charge is -2.26. The number of para-hydroxylation sites is 1. The number of methoxy groups -OCH3 is 1. The molecule has 72 heavy (non-hydrogen) atoms. The Morgan fingerprint density at radius 1 is 0.500 bits per heavy atom. The first-order chi connectivity index (χ1) is 35.4. The van der Waals surface area contributed by atoms with E-state index in [0.717, 1.165) is 22.4 Å². The van der Waals surface area contributed by atoms with E-state index in [4.69, 9.17) is 56.8 Å². The molecule has 1 aliphatic heterocycles. The van der Waals surface area contributed by atoms with Gasteiger partial charge in [-0.3, -0.25) is 19.2 Å². The van der Waals surface area contributed by atoms with Crippen LogP contribution in [0.25, 0.3) is 0 Å². The number of nitrogens with zero attached hydrogens (tertiary/aromatic N) is 1. The normalized spacial score (nSPS) is 12.2. The zero-order valence-electron chi connectivity index (χ0n) is 42.6. The fourth-order valence-corrected chi connectivity index (χ4v) is 6.59. The molecule has 1 atom stereocenters. The van der Waals surface area contributed by atoms with E-state index in [0.29, 0.717) is 171 Å². The van der Waals surface area contributed by atoms with E-state index in [1.165, 1.54) is 0 Å². The van der Waals surface area contributed by atoms with Crippen LogP contribution < -0.4 is 20.9 Å². The monoisotopic (exact) mass is 1020 g/mol. The number of carbonyl (C=O) groups is 4. The Hall–Kier alpha value is -4.60. The fourth-order valence-electron chi connectivity index (χ4n) is 6.59. The van der Waals surface area contributed by atoms with Crippen LogP contribution in [0.2, 0.25) is 0 Å². The fraction of sp³-hybridized carbons (Fsp3) is 0.654. The van der Waals surface area contributed by atoms with Gasteiger partial charge in [-0.15, -0.1) is 0 Å². The van der Waals surface area contributed by atoms with Crippen molar-refractivity contribution in [3.05, 3.63) is 65.2 Å². The van der Waals surface area contributed by atoms with Gasteiger partial charge in [0, 0.05) is 50.6 Å². The lowest BCUT2D eigenvalue weighted by Crippen LogP contribution is -2.52. The van der Waals surface area contributed by atoms with Gasteiger partial charge in [-0.25, -0.2) is 0 Å². The summed E-state index contributed by atoms with van der Waals surface area (Å²) in [6, 6.07) is 14.4. The second-order valence-electron chi connectivity index (χ2n) is 15.9. The molecule has 0 saturated carbocycles. The van der Waals surface area contributed by atoms with Gasteiger partial charge in [0.25, 0.3) is 0 Å². The maximum Gasteiger partial charge on any atom is 0.244 e. The third kappa shape index (κ3) is 30.4. The van der Waals surface area contributed by atoms with E-state index < -0.39 is 11.9 Å². The van der Waals surface area contributed by atoms with Crippen LogP contribution in [-0.4, -0.2) is 202 Å². The van der Waals surface area contributed by atoms with E-state index in [9.17, 15) is 19.2 Å². The molecule has 0 bridgehead atoms. The van der Waals surface area contributed by atoms with Crippen LogP contribution in [0.1, 0.15) is 55.7 Å². The molecule has 404 valence electrons. The number of carbonyl (C=O) groups excluding carboxylic acids is 4. The summed E-state index contributed by atoms with van der Waals surface area (Å²) < 4.78 is 65.1. The van der Waals surface area contributed by atoms with Gasteiger partial charge in [0.2, 0.25) is 23.6 Å². The Kier molecular flexibility index (Phi) is 36.7. The number of likely N-dealkylation sites (N-methyl/N-ethyl adjacent to an activating group) is 1. The molecule has 3 N–H and O–H groups in total. The van der Waals surface area contributed by atoms with Gasteiger partial charge in [-0.2, -0.15) is 0 Å². The van der Waals surface area contributed by atoms with Crippen molar-refractivity contribution in [1.82, 2.24) is 16.0 Å². The van der Waals surface area contributed by atoms with Crippen molar-refractivity contribution in [2.45, 2.75) is 51.6 Å². The summed E-state index contributed by atoms with van der Waals surface area (Å²) in [7, 11) is 1.64. The predicted octanol–water partition coefficient (Wildman–Crippen LogP) is 2.45. The molecule has 0 unspecified atom stereocenters. The third-order valence-electron chi connectivity index (χ3n) is 10.3. The van der Waals surface area contributed by atoms with Crippen molar-refractivity contribution in [3.63, 3.8) is 0 Å². The highest BCUT2D eigenvalue weighted by Gasteiger charge is 2.23. The molecule has 1 aliphatic rings. The van der Waals surface area contributed by atoms with E-state index >= 15 is 0 Å². The predicted molar refractivity (Wildman–Crippen MR) is 268 cm³/mol. The number of anilines is 1. The summed E-state index contributed by atoms with van der Waals surface area (Å²) in [6.07, 6.45) is 1.36. The number of unbranched alkanes of at least 4 members (excludes halogenated alkanes) is 1. The van der Waals surface area contributed by atoms with Gasteiger partial charge in [-0.05, 0) is 43.5 Å². The molecule has 0 radical (unpaired) electrons. The molecule has 0 fully saturated rings. The third-order valence-corrected chi connectivity index (χ3v) is 10.3. The van der Waals surface area contributed by atoms with Crippen LogP contribution in [-0.2, 0) is 82.6 Å². The molecule has 4 amide bonds. The van der Waals surface area contributed by atoms with Gasteiger partial charge in [0.15, 0.2) is 0 Å². The maximum absolute atomic E-state index is 13.5. The van der Waals surface area contributed by atoms with E-state index in [2.05, 4.69) is 27.8 Å².